The summed E-state index contributed by atoms with van der Waals surface area (Å²) in [6.07, 6.45) is -1.21. The molecule has 0 aliphatic carbocycles. The lowest BCUT2D eigenvalue weighted by molar-refractivity contribution is -0.146. The Bertz CT molecular complexity index is 514. The number of hydrogen-bond donors (Lipinski definition) is 2. The van der Waals surface area contributed by atoms with Crippen molar-refractivity contribution in [3.8, 4) is 0 Å². The first-order valence-electron chi connectivity index (χ1n) is 5.06. The normalized spacial score (nSPS) is 12.6. The van der Waals surface area contributed by atoms with Gasteiger partial charge in [0, 0.05) is 6.42 Å². The molecule has 3 nitrogen and oxygen atoms in total. The van der Waals surface area contributed by atoms with Gasteiger partial charge in [-0.1, -0.05) is 42.5 Å². The van der Waals surface area contributed by atoms with Gasteiger partial charge in [0.15, 0.2) is 6.10 Å². The highest BCUT2D eigenvalue weighted by molar-refractivity contribution is 5.86. The maximum Gasteiger partial charge on any atom is 0.332 e. The molecule has 0 aliphatic rings. The summed E-state index contributed by atoms with van der Waals surface area (Å²) in [6.45, 7) is 0. The summed E-state index contributed by atoms with van der Waals surface area (Å²) >= 11 is 0. The summed E-state index contributed by atoms with van der Waals surface area (Å²) in [5, 5.41) is 20.0. The SMILES string of the molecule is O=C(O)[C@@H](O)Cc1cccc2ccccc12. The highest BCUT2D eigenvalue weighted by Gasteiger charge is 2.14. The molecule has 0 amide bonds. The molecule has 0 spiro atoms. The Morgan fingerprint density at radius 3 is 2.56 bits per heavy atom. The molecule has 0 bridgehead atoms. The van der Waals surface area contributed by atoms with E-state index < -0.39 is 12.1 Å². The van der Waals surface area contributed by atoms with Gasteiger partial charge in [-0.15, -0.1) is 0 Å². The zero-order chi connectivity index (χ0) is 11.5. The summed E-state index contributed by atoms with van der Waals surface area (Å²) < 4.78 is 0. The van der Waals surface area contributed by atoms with Crippen LogP contribution < -0.4 is 0 Å². The fourth-order valence-electron chi connectivity index (χ4n) is 1.77. The van der Waals surface area contributed by atoms with Crippen molar-refractivity contribution in [1.29, 1.82) is 0 Å². The number of aliphatic hydroxyl groups is 1. The zero-order valence-corrected chi connectivity index (χ0v) is 8.63. The van der Waals surface area contributed by atoms with Gasteiger partial charge in [-0.2, -0.15) is 0 Å². The Balaban J connectivity index is 2.41. The van der Waals surface area contributed by atoms with Gasteiger partial charge in [0.1, 0.15) is 0 Å². The van der Waals surface area contributed by atoms with Crippen molar-refractivity contribution in [3.05, 3.63) is 48.0 Å². The van der Waals surface area contributed by atoms with E-state index in [1.165, 1.54) is 0 Å². The lowest BCUT2D eigenvalue weighted by atomic mass is 10.00. The minimum atomic E-state index is -1.34. The maximum absolute atomic E-state index is 10.6. The van der Waals surface area contributed by atoms with E-state index in [0.717, 1.165) is 16.3 Å². The molecule has 0 radical (unpaired) electrons. The molecular formula is C13H12O3. The Hall–Kier alpha value is -1.87. The Morgan fingerprint density at radius 2 is 1.81 bits per heavy atom. The van der Waals surface area contributed by atoms with Gasteiger partial charge in [0.2, 0.25) is 0 Å². The van der Waals surface area contributed by atoms with Crippen LogP contribution >= 0.6 is 0 Å². The number of hydrogen-bond acceptors (Lipinski definition) is 2. The van der Waals surface area contributed by atoms with Crippen LogP contribution in [-0.4, -0.2) is 22.3 Å². The number of fused-ring (bicyclic) bond motifs is 1. The maximum atomic E-state index is 10.6. The quantitative estimate of drug-likeness (QED) is 0.822. The molecule has 0 saturated carbocycles. The van der Waals surface area contributed by atoms with Crippen LogP contribution in [-0.2, 0) is 11.2 Å². The van der Waals surface area contributed by atoms with Crippen molar-refractivity contribution in [2.75, 3.05) is 0 Å². The summed E-state index contributed by atoms with van der Waals surface area (Å²) in [4.78, 5) is 10.6. The fourth-order valence-corrected chi connectivity index (χ4v) is 1.77. The molecule has 1 atom stereocenters. The van der Waals surface area contributed by atoms with Gasteiger partial charge in [0.25, 0.3) is 0 Å². The minimum Gasteiger partial charge on any atom is -0.479 e. The van der Waals surface area contributed by atoms with Crippen LogP contribution in [0.1, 0.15) is 5.56 Å². The molecule has 0 heterocycles. The number of carbonyl (C=O) groups is 1. The average Bonchev–Trinajstić information content (AvgIpc) is 2.29. The lowest BCUT2D eigenvalue weighted by Gasteiger charge is -2.08. The van der Waals surface area contributed by atoms with E-state index in [1.807, 2.05) is 42.5 Å². The fraction of sp³-hybridized carbons (Fsp3) is 0.154. The molecule has 0 aliphatic heterocycles. The average molecular weight is 216 g/mol. The first kappa shape index (κ1) is 10.6. The van der Waals surface area contributed by atoms with Gasteiger partial charge in [-0.25, -0.2) is 4.79 Å². The molecule has 2 N–H and O–H groups in total. The smallest absolute Gasteiger partial charge is 0.332 e. The van der Waals surface area contributed by atoms with Crippen molar-refractivity contribution < 1.29 is 15.0 Å². The van der Waals surface area contributed by atoms with E-state index in [4.69, 9.17) is 5.11 Å². The third-order valence-corrected chi connectivity index (χ3v) is 2.58. The number of rotatable bonds is 3. The zero-order valence-electron chi connectivity index (χ0n) is 8.63. The second kappa shape index (κ2) is 4.33. The first-order chi connectivity index (χ1) is 7.68. The van der Waals surface area contributed by atoms with E-state index in [-0.39, 0.29) is 6.42 Å². The Kier molecular flexibility index (Phi) is 2.88. The van der Waals surface area contributed by atoms with Crippen molar-refractivity contribution in [1.82, 2.24) is 0 Å². The number of aliphatic hydroxyl groups excluding tert-OH is 1. The van der Waals surface area contributed by atoms with Crippen LogP contribution in [0.3, 0.4) is 0 Å². The monoisotopic (exact) mass is 216 g/mol. The standard InChI is InChI=1S/C13H12O3/c14-12(13(15)16)8-10-6-3-5-9-4-1-2-7-11(9)10/h1-7,12,14H,8H2,(H,15,16)/t12-/m0/s1. The van der Waals surface area contributed by atoms with Crippen molar-refractivity contribution in [2.24, 2.45) is 0 Å². The molecule has 2 aromatic carbocycles. The van der Waals surface area contributed by atoms with Crippen LogP contribution in [0.2, 0.25) is 0 Å². The number of benzene rings is 2. The van der Waals surface area contributed by atoms with E-state index in [0.29, 0.717) is 0 Å². The molecule has 2 aromatic rings. The predicted octanol–water partition coefficient (Wildman–Crippen LogP) is 1.83. The molecule has 3 heteroatoms. The van der Waals surface area contributed by atoms with Crippen LogP contribution in [0.4, 0.5) is 0 Å². The Morgan fingerprint density at radius 1 is 1.12 bits per heavy atom. The molecule has 82 valence electrons. The van der Waals surface area contributed by atoms with Gasteiger partial charge < -0.3 is 10.2 Å². The largest absolute Gasteiger partial charge is 0.479 e. The summed E-state index contributed by atoms with van der Waals surface area (Å²) in [5.74, 6) is -1.19. The van der Waals surface area contributed by atoms with Gasteiger partial charge >= 0.3 is 5.97 Å². The second-order valence-corrected chi connectivity index (χ2v) is 3.70. The third-order valence-electron chi connectivity index (χ3n) is 2.58. The predicted molar refractivity (Wildman–Crippen MR) is 61.3 cm³/mol. The van der Waals surface area contributed by atoms with Crippen LogP contribution in [0.25, 0.3) is 10.8 Å². The van der Waals surface area contributed by atoms with E-state index in [1.54, 1.807) is 0 Å². The van der Waals surface area contributed by atoms with Crippen LogP contribution in [0.5, 0.6) is 0 Å². The number of carboxylic acids is 1. The molecule has 0 fully saturated rings. The molecule has 2 rings (SSSR count). The minimum absolute atomic E-state index is 0.136. The highest BCUT2D eigenvalue weighted by atomic mass is 16.4. The third kappa shape index (κ3) is 2.04. The topological polar surface area (TPSA) is 57.5 Å². The van der Waals surface area contributed by atoms with E-state index >= 15 is 0 Å². The molecule has 16 heavy (non-hydrogen) atoms. The summed E-state index contributed by atoms with van der Waals surface area (Å²) in [6, 6.07) is 13.4. The van der Waals surface area contributed by atoms with E-state index in [2.05, 4.69) is 0 Å². The summed E-state index contributed by atoms with van der Waals surface area (Å²) in [5.41, 5.74) is 0.855. The molecule has 0 aromatic heterocycles. The van der Waals surface area contributed by atoms with Gasteiger partial charge in [-0.05, 0) is 16.3 Å². The van der Waals surface area contributed by atoms with Crippen molar-refractivity contribution >= 4 is 16.7 Å². The van der Waals surface area contributed by atoms with Gasteiger partial charge in [-0.3, -0.25) is 0 Å². The molecule has 0 unspecified atom stereocenters. The van der Waals surface area contributed by atoms with E-state index in [9.17, 15) is 9.90 Å². The first-order valence-corrected chi connectivity index (χ1v) is 5.06. The van der Waals surface area contributed by atoms with Crippen LogP contribution in [0, 0.1) is 0 Å². The Labute approximate surface area is 93.0 Å². The highest BCUT2D eigenvalue weighted by Crippen LogP contribution is 2.19. The summed E-state index contributed by atoms with van der Waals surface area (Å²) in [7, 11) is 0. The van der Waals surface area contributed by atoms with Crippen molar-refractivity contribution in [2.45, 2.75) is 12.5 Å². The van der Waals surface area contributed by atoms with Crippen molar-refractivity contribution in [3.63, 3.8) is 0 Å². The molecule has 0 saturated heterocycles. The number of aliphatic carboxylic acids is 1. The lowest BCUT2D eigenvalue weighted by Crippen LogP contribution is -2.22. The number of carboxylic acid groups (broad SMARTS) is 1. The van der Waals surface area contributed by atoms with Crippen LogP contribution in [0.15, 0.2) is 42.5 Å². The molecular weight excluding hydrogens is 204 g/mol. The second-order valence-electron chi connectivity index (χ2n) is 3.70. The van der Waals surface area contributed by atoms with Gasteiger partial charge in [0.05, 0.1) is 0 Å².